The first kappa shape index (κ1) is 24.7. The van der Waals surface area contributed by atoms with E-state index in [0.717, 1.165) is 16.4 Å². The highest BCUT2D eigenvalue weighted by atomic mass is 31.2. The van der Waals surface area contributed by atoms with Crippen LogP contribution in [0.5, 0.6) is 5.75 Å². The van der Waals surface area contributed by atoms with E-state index in [-0.39, 0.29) is 35.2 Å². The molecule has 0 aliphatic carbocycles. The van der Waals surface area contributed by atoms with E-state index < -0.39 is 7.14 Å². The first-order valence-corrected chi connectivity index (χ1v) is 14.5. The summed E-state index contributed by atoms with van der Waals surface area (Å²) in [7, 11) is -2.48. The minimum atomic E-state index is -2.48. The average Bonchev–Trinajstić information content (AvgIpc) is 2.88. The van der Waals surface area contributed by atoms with Crippen LogP contribution < -0.4 is 16.2 Å². The van der Waals surface area contributed by atoms with Gasteiger partial charge in [0.15, 0.2) is 16.9 Å². The van der Waals surface area contributed by atoms with Crippen molar-refractivity contribution in [1.82, 2.24) is 19.9 Å². The lowest BCUT2D eigenvalue weighted by atomic mass is 10.1. The maximum absolute atomic E-state index is 13.5. The quantitative estimate of drug-likeness (QED) is 0.301. The lowest BCUT2D eigenvalue weighted by Crippen LogP contribution is -2.44. The van der Waals surface area contributed by atoms with Crippen molar-refractivity contribution in [3.63, 3.8) is 0 Å². The summed E-state index contributed by atoms with van der Waals surface area (Å²) >= 11 is 0. The number of aromatic hydroxyl groups is 1. The summed E-state index contributed by atoms with van der Waals surface area (Å²) in [6, 6.07) is 17.1. The lowest BCUT2D eigenvalue weighted by molar-refractivity contribution is 0.0681. The van der Waals surface area contributed by atoms with Crippen LogP contribution in [0.3, 0.4) is 0 Å². The molecular formula is C27H27FN5O3P. The first-order valence-electron chi connectivity index (χ1n) is 11.9. The first-order chi connectivity index (χ1) is 17.7. The second kappa shape index (κ2) is 9.82. The van der Waals surface area contributed by atoms with Crippen LogP contribution in [0, 0.1) is 5.82 Å². The monoisotopic (exact) mass is 519 g/mol. The van der Waals surface area contributed by atoms with Gasteiger partial charge in [-0.05, 0) is 48.7 Å². The Bertz CT molecular complexity index is 1610. The number of halogens is 1. The summed E-state index contributed by atoms with van der Waals surface area (Å²) in [6.07, 6.45) is 1.55. The Hall–Kier alpha value is -3.97. The van der Waals surface area contributed by atoms with Gasteiger partial charge in [-0.1, -0.05) is 36.4 Å². The van der Waals surface area contributed by atoms with Gasteiger partial charge < -0.3 is 24.6 Å². The summed E-state index contributed by atoms with van der Waals surface area (Å²) in [5, 5.41) is 17.1. The molecule has 5 rings (SSSR count). The maximum atomic E-state index is 13.5. The van der Waals surface area contributed by atoms with E-state index in [0.29, 0.717) is 30.5 Å². The Morgan fingerprint density at radius 1 is 1.08 bits per heavy atom. The van der Waals surface area contributed by atoms with E-state index in [9.17, 15) is 18.9 Å². The van der Waals surface area contributed by atoms with Gasteiger partial charge in [0.2, 0.25) is 0 Å². The average molecular weight is 520 g/mol. The number of nitrogens with zero attached hydrogens (tertiary/aromatic N) is 4. The number of benzene rings is 2. The second-order valence-corrected chi connectivity index (χ2v) is 12.5. The van der Waals surface area contributed by atoms with Gasteiger partial charge in [-0.25, -0.2) is 4.39 Å². The highest BCUT2D eigenvalue weighted by molar-refractivity contribution is 7.70. The third kappa shape index (κ3) is 4.87. The topological polar surface area (TPSA) is 99.8 Å². The third-order valence-electron chi connectivity index (χ3n) is 6.42. The highest BCUT2D eigenvalue weighted by Crippen LogP contribution is 2.35. The van der Waals surface area contributed by atoms with Crippen molar-refractivity contribution < 1.29 is 18.9 Å². The maximum Gasteiger partial charge on any atom is 0.274 e. The van der Waals surface area contributed by atoms with E-state index in [1.54, 1.807) is 53.3 Å². The molecule has 3 heterocycles. The molecular weight excluding hydrogens is 492 g/mol. The van der Waals surface area contributed by atoms with Crippen molar-refractivity contribution in [1.29, 1.82) is 0 Å². The molecule has 1 aliphatic rings. The van der Waals surface area contributed by atoms with Gasteiger partial charge in [-0.2, -0.15) is 5.10 Å². The van der Waals surface area contributed by atoms with Crippen molar-refractivity contribution in [2.75, 3.05) is 19.9 Å². The molecule has 0 unspecified atom stereocenters. The molecule has 10 heteroatoms. The molecule has 0 atom stereocenters. The van der Waals surface area contributed by atoms with Gasteiger partial charge >= 0.3 is 0 Å². The minimum Gasteiger partial charge on any atom is -0.504 e. The van der Waals surface area contributed by atoms with E-state index in [1.807, 2.05) is 24.3 Å². The number of hydrogen-bond acceptors (Lipinski definition) is 6. The predicted molar refractivity (Wildman–Crippen MR) is 140 cm³/mol. The fraction of sp³-hybridized carbons (Fsp3) is 0.222. The standard InChI is InChI=1S/C27H27FN5O3P/c1-37(2,36)22-8-4-3-6-19(22)16-30-31-26-21-7-5-13-29-23(21)25(34)24-27(35)32(14-15-33(24)26)17-18-9-11-20(28)12-10-18/h3-13,30,34H,14-17H2,1-2H3/b31-26-. The van der Waals surface area contributed by atoms with Crippen LogP contribution in [0.2, 0.25) is 0 Å². The van der Waals surface area contributed by atoms with E-state index in [1.165, 1.54) is 12.1 Å². The van der Waals surface area contributed by atoms with Crippen LogP contribution in [0.4, 0.5) is 4.39 Å². The molecule has 0 spiro atoms. The molecule has 190 valence electrons. The zero-order valence-corrected chi connectivity index (χ0v) is 21.5. The van der Waals surface area contributed by atoms with Gasteiger partial charge in [-0.3, -0.25) is 9.78 Å². The molecule has 2 N–H and O–H groups in total. The Balaban J connectivity index is 1.54. The van der Waals surface area contributed by atoms with Crippen LogP contribution in [0.15, 0.2) is 72.0 Å². The molecule has 2 aromatic heterocycles. The molecule has 0 saturated carbocycles. The number of fused-ring (bicyclic) bond motifs is 2. The number of hydrogen-bond donors (Lipinski definition) is 2. The van der Waals surface area contributed by atoms with Crippen LogP contribution in [-0.2, 0) is 24.2 Å². The van der Waals surface area contributed by atoms with Crippen LogP contribution in [0.1, 0.15) is 21.6 Å². The molecule has 0 radical (unpaired) electrons. The molecule has 2 aromatic carbocycles. The summed E-state index contributed by atoms with van der Waals surface area (Å²) < 4.78 is 27.8. The number of aromatic nitrogens is 2. The van der Waals surface area contributed by atoms with E-state index >= 15 is 0 Å². The summed E-state index contributed by atoms with van der Waals surface area (Å²) in [5.74, 6) is -0.904. The van der Waals surface area contributed by atoms with Crippen molar-refractivity contribution in [2.24, 2.45) is 5.10 Å². The fourth-order valence-corrected chi connectivity index (χ4v) is 5.93. The Morgan fingerprint density at radius 3 is 2.59 bits per heavy atom. The van der Waals surface area contributed by atoms with Gasteiger partial charge in [0.25, 0.3) is 5.91 Å². The van der Waals surface area contributed by atoms with Crippen LogP contribution in [0.25, 0.3) is 10.9 Å². The van der Waals surface area contributed by atoms with Crippen molar-refractivity contribution in [3.8, 4) is 5.75 Å². The molecule has 4 aromatic rings. The van der Waals surface area contributed by atoms with Crippen LogP contribution >= 0.6 is 7.14 Å². The van der Waals surface area contributed by atoms with Gasteiger partial charge in [0.05, 0.1) is 6.54 Å². The van der Waals surface area contributed by atoms with E-state index in [2.05, 4.69) is 15.5 Å². The highest BCUT2D eigenvalue weighted by Gasteiger charge is 2.30. The summed E-state index contributed by atoms with van der Waals surface area (Å²) in [4.78, 5) is 19.4. The number of amides is 1. The Morgan fingerprint density at radius 2 is 1.84 bits per heavy atom. The van der Waals surface area contributed by atoms with Crippen molar-refractivity contribution in [2.45, 2.75) is 19.6 Å². The van der Waals surface area contributed by atoms with Gasteiger partial charge in [-0.15, -0.1) is 0 Å². The van der Waals surface area contributed by atoms with Gasteiger partial charge in [0, 0.05) is 36.5 Å². The normalized spacial score (nSPS) is 14.2. The fourth-order valence-electron chi connectivity index (χ4n) is 4.64. The minimum absolute atomic E-state index is 0.104. The number of pyridine rings is 2. The zero-order valence-electron chi connectivity index (χ0n) is 20.6. The molecule has 37 heavy (non-hydrogen) atoms. The lowest BCUT2D eigenvalue weighted by Gasteiger charge is -2.31. The summed E-state index contributed by atoms with van der Waals surface area (Å²) in [6.45, 7) is 4.88. The van der Waals surface area contributed by atoms with Gasteiger partial charge in [0.1, 0.15) is 18.5 Å². The largest absolute Gasteiger partial charge is 0.504 e. The Labute approximate surface area is 213 Å². The summed E-state index contributed by atoms with van der Waals surface area (Å²) in [5.41, 5.74) is 5.59. The second-order valence-electron chi connectivity index (χ2n) is 9.35. The molecule has 1 amide bonds. The van der Waals surface area contributed by atoms with E-state index in [4.69, 9.17) is 0 Å². The van der Waals surface area contributed by atoms with Crippen molar-refractivity contribution in [3.05, 3.63) is 95.0 Å². The molecule has 0 saturated heterocycles. The smallest absolute Gasteiger partial charge is 0.274 e. The number of carbonyl (C=O) groups is 1. The molecule has 0 bridgehead atoms. The predicted octanol–water partition coefficient (Wildman–Crippen LogP) is 3.39. The number of nitrogens with one attached hydrogen (secondary N) is 1. The number of carbonyl (C=O) groups excluding carboxylic acids is 1. The molecule has 0 fully saturated rings. The third-order valence-corrected chi connectivity index (χ3v) is 8.02. The zero-order chi connectivity index (χ0) is 26.2. The molecule has 1 aliphatic heterocycles. The van der Waals surface area contributed by atoms with Crippen molar-refractivity contribution >= 4 is 29.3 Å². The number of rotatable bonds is 6. The Kier molecular flexibility index (Phi) is 6.56. The van der Waals surface area contributed by atoms with Crippen LogP contribution in [-0.4, -0.2) is 45.3 Å². The molecule has 8 nitrogen and oxygen atoms in total. The SMILES string of the molecule is CP(C)(=O)c1ccccc1CN/N=c1/c2cccnc2c(O)c2n1CCN(Cc1ccc(F)cc1)C2=O.